The lowest BCUT2D eigenvalue weighted by Gasteiger charge is -2.28. The van der Waals surface area contributed by atoms with Crippen molar-refractivity contribution in [3.05, 3.63) is 95.7 Å². The Bertz CT molecular complexity index is 1470. The molecular formula is C28H25N7O4. The Kier molecular flexibility index (Phi) is 7.36. The van der Waals surface area contributed by atoms with Crippen molar-refractivity contribution in [3.63, 3.8) is 0 Å². The first kappa shape index (κ1) is 25.3. The highest BCUT2D eigenvalue weighted by Gasteiger charge is 2.45. The highest BCUT2D eigenvalue weighted by atomic mass is 16.6. The van der Waals surface area contributed by atoms with Gasteiger partial charge in [-0.1, -0.05) is 42.5 Å². The zero-order chi connectivity index (χ0) is 27.1. The van der Waals surface area contributed by atoms with E-state index in [4.69, 9.17) is 14.6 Å². The molecule has 0 radical (unpaired) electrons. The van der Waals surface area contributed by atoms with Crippen molar-refractivity contribution in [2.75, 3.05) is 27.8 Å². The molecule has 5 rings (SSSR count). The highest BCUT2D eigenvalue weighted by Crippen LogP contribution is 2.43. The fraction of sp³-hybridized carbons (Fsp3) is 0.179. The molecule has 0 fully saturated rings. The van der Waals surface area contributed by atoms with Crippen LogP contribution in [0, 0.1) is 11.3 Å². The first-order valence-electron chi connectivity index (χ1n) is 12.3. The number of nitriles is 1. The molecule has 1 aliphatic rings. The summed E-state index contributed by atoms with van der Waals surface area (Å²) in [6.45, 7) is 0.495. The van der Waals surface area contributed by atoms with E-state index in [1.54, 1.807) is 24.3 Å². The number of benzene rings is 3. The predicted molar refractivity (Wildman–Crippen MR) is 144 cm³/mol. The Morgan fingerprint density at radius 3 is 2.33 bits per heavy atom. The second-order valence-corrected chi connectivity index (χ2v) is 8.86. The lowest BCUT2D eigenvalue weighted by Crippen LogP contribution is -2.42. The lowest BCUT2D eigenvalue weighted by atomic mass is 9.95. The largest absolute Gasteiger partial charge is 0.444 e. The summed E-state index contributed by atoms with van der Waals surface area (Å²) in [7, 11) is 0. The van der Waals surface area contributed by atoms with Gasteiger partial charge in [0, 0.05) is 17.8 Å². The number of rotatable bonds is 10. The maximum absolute atomic E-state index is 13.5. The molecule has 0 saturated heterocycles. The minimum Gasteiger partial charge on any atom is -0.444 e. The van der Waals surface area contributed by atoms with Crippen LogP contribution in [0.1, 0.15) is 34.5 Å². The van der Waals surface area contributed by atoms with Crippen molar-refractivity contribution in [1.82, 2.24) is 10.3 Å². The monoisotopic (exact) mass is 523 g/mol. The molecule has 1 amide bonds. The van der Waals surface area contributed by atoms with Crippen LogP contribution >= 0.6 is 0 Å². The number of ether oxygens (including phenoxy) is 1. The second-order valence-electron chi connectivity index (χ2n) is 8.86. The summed E-state index contributed by atoms with van der Waals surface area (Å²) in [4.78, 5) is 25.7. The van der Waals surface area contributed by atoms with Crippen molar-refractivity contribution < 1.29 is 19.0 Å². The molecule has 0 aliphatic carbocycles. The van der Waals surface area contributed by atoms with Gasteiger partial charge in [-0.15, -0.1) is 0 Å². The van der Waals surface area contributed by atoms with Gasteiger partial charge in [0.05, 0.1) is 30.3 Å². The number of fused-ring (bicyclic) bond motifs is 1. The van der Waals surface area contributed by atoms with Gasteiger partial charge in [0.25, 0.3) is 0 Å². The van der Waals surface area contributed by atoms with Crippen LogP contribution in [0.4, 0.5) is 27.7 Å². The van der Waals surface area contributed by atoms with Crippen LogP contribution in [0.2, 0.25) is 0 Å². The van der Waals surface area contributed by atoms with E-state index in [0.717, 1.165) is 16.9 Å². The van der Waals surface area contributed by atoms with E-state index in [0.29, 0.717) is 29.3 Å². The highest BCUT2D eigenvalue weighted by molar-refractivity contribution is 5.99. The normalized spacial score (nSPS) is 12.8. The molecule has 4 aromatic rings. The quantitative estimate of drug-likeness (QED) is 0.163. The summed E-state index contributed by atoms with van der Waals surface area (Å²) in [5.74, 6) is 0.145. The summed E-state index contributed by atoms with van der Waals surface area (Å²) in [6, 6.07) is 25.5. The van der Waals surface area contributed by atoms with E-state index in [1.165, 1.54) is 0 Å². The van der Waals surface area contributed by atoms with E-state index in [-0.39, 0.29) is 25.2 Å². The Labute approximate surface area is 224 Å². The number of ketones is 1. The third kappa shape index (κ3) is 5.80. The average molecular weight is 524 g/mol. The molecule has 0 unspecified atom stereocenters. The minimum absolute atomic E-state index is 0.0330. The molecule has 196 valence electrons. The first-order valence-corrected chi connectivity index (χ1v) is 12.3. The molecule has 11 heteroatoms. The van der Waals surface area contributed by atoms with E-state index < -0.39 is 11.8 Å². The van der Waals surface area contributed by atoms with Crippen molar-refractivity contribution in [2.45, 2.75) is 25.1 Å². The van der Waals surface area contributed by atoms with Gasteiger partial charge in [-0.25, -0.2) is 9.42 Å². The Morgan fingerprint density at radius 1 is 0.949 bits per heavy atom. The molecule has 0 saturated carbocycles. The van der Waals surface area contributed by atoms with E-state index >= 15 is 0 Å². The maximum atomic E-state index is 13.5. The van der Waals surface area contributed by atoms with Crippen molar-refractivity contribution in [3.8, 4) is 6.07 Å². The summed E-state index contributed by atoms with van der Waals surface area (Å²) in [5, 5.41) is 29.4. The molecule has 39 heavy (non-hydrogen) atoms. The topological polar surface area (TPSA) is 154 Å². The summed E-state index contributed by atoms with van der Waals surface area (Å²) < 4.78 is 10.3. The lowest BCUT2D eigenvalue weighted by molar-refractivity contribution is 0.0961. The van der Waals surface area contributed by atoms with E-state index in [2.05, 4.69) is 37.6 Å². The van der Waals surface area contributed by atoms with E-state index in [1.807, 2.05) is 54.6 Å². The number of nitrogens with one attached hydrogen (secondary N) is 4. The number of amides is 1. The van der Waals surface area contributed by atoms with Crippen LogP contribution in [0.25, 0.3) is 0 Å². The Balaban J connectivity index is 1.29. The van der Waals surface area contributed by atoms with Crippen LogP contribution in [-0.4, -0.2) is 28.7 Å². The first-order chi connectivity index (χ1) is 19.1. The van der Waals surface area contributed by atoms with Gasteiger partial charge in [0.1, 0.15) is 6.61 Å². The molecule has 1 aliphatic heterocycles. The average Bonchev–Trinajstić information content (AvgIpc) is 3.58. The standard InChI is InChI=1S/C28H25N7O4/c29-15-6-16-30-26-25(34-39-35-26)28(32-22-9-4-5-10-23(22)33-28)17-24(36)20-11-13-21(14-12-20)31-27(37)38-18-19-7-2-1-3-8-19/h1-5,7-14,32-33H,6,16-18H2,(H,30,35)(H,31,37). The SMILES string of the molecule is N#CCCNc1nonc1C1(CC(=O)c2ccc(NC(=O)OCc3ccccc3)cc2)Nc2ccccc2N1. The molecule has 2 heterocycles. The van der Waals surface area contributed by atoms with Gasteiger partial charge < -0.3 is 20.7 Å². The van der Waals surface area contributed by atoms with Gasteiger partial charge in [0.15, 0.2) is 23.0 Å². The number of anilines is 4. The van der Waals surface area contributed by atoms with Crippen LogP contribution in [0.5, 0.6) is 0 Å². The van der Waals surface area contributed by atoms with Crippen LogP contribution < -0.4 is 21.3 Å². The van der Waals surface area contributed by atoms with Crippen LogP contribution in [0.15, 0.2) is 83.5 Å². The summed E-state index contributed by atoms with van der Waals surface area (Å²) >= 11 is 0. The number of hydrogen-bond acceptors (Lipinski definition) is 10. The third-order valence-electron chi connectivity index (χ3n) is 6.14. The molecule has 0 bridgehead atoms. The Morgan fingerprint density at radius 2 is 1.64 bits per heavy atom. The molecule has 4 N–H and O–H groups in total. The van der Waals surface area contributed by atoms with Crippen LogP contribution in [-0.2, 0) is 17.0 Å². The van der Waals surface area contributed by atoms with Gasteiger partial charge in [-0.05, 0) is 52.3 Å². The number of aromatic nitrogens is 2. The van der Waals surface area contributed by atoms with Gasteiger partial charge >= 0.3 is 6.09 Å². The summed E-state index contributed by atoms with van der Waals surface area (Å²) in [6.07, 6.45) is -0.363. The fourth-order valence-electron chi connectivity index (χ4n) is 4.26. The van der Waals surface area contributed by atoms with Gasteiger partial charge in [-0.3, -0.25) is 10.1 Å². The summed E-state index contributed by atoms with van der Waals surface area (Å²) in [5.41, 5.74) is 2.62. The van der Waals surface area contributed by atoms with Crippen LogP contribution in [0.3, 0.4) is 0 Å². The van der Waals surface area contributed by atoms with Gasteiger partial charge in [-0.2, -0.15) is 5.26 Å². The maximum Gasteiger partial charge on any atom is 0.411 e. The molecular weight excluding hydrogens is 498 g/mol. The van der Waals surface area contributed by atoms with Crippen molar-refractivity contribution >= 4 is 34.8 Å². The number of carbonyl (C=O) groups excluding carboxylic acids is 2. The third-order valence-corrected chi connectivity index (χ3v) is 6.14. The molecule has 11 nitrogen and oxygen atoms in total. The number of Topliss-reactive ketones (excluding diaryl/α,β-unsaturated/α-hetero) is 1. The zero-order valence-electron chi connectivity index (χ0n) is 20.8. The fourth-order valence-corrected chi connectivity index (χ4v) is 4.26. The molecule has 0 atom stereocenters. The number of para-hydroxylation sites is 2. The smallest absolute Gasteiger partial charge is 0.411 e. The van der Waals surface area contributed by atoms with Crippen molar-refractivity contribution in [1.29, 1.82) is 5.26 Å². The minimum atomic E-state index is -1.14. The number of nitrogens with zero attached hydrogens (tertiary/aromatic N) is 3. The number of hydrogen-bond donors (Lipinski definition) is 4. The second kappa shape index (κ2) is 11.4. The molecule has 0 spiro atoms. The Hall–Kier alpha value is -5.37. The van der Waals surface area contributed by atoms with E-state index in [9.17, 15) is 9.59 Å². The molecule has 1 aromatic heterocycles. The molecule has 3 aromatic carbocycles. The number of carbonyl (C=O) groups is 2. The van der Waals surface area contributed by atoms with Gasteiger partial charge in [0.2, 0.25) is 0 Å². The zero-order valence-corrected chi connectivity index (χ0v) is 20.8. The predicted octanol–water partition coefficient (Wildman–Crippen LogP) is 5.11. The van der Waals surface area contributed by atoms with Crippen molar-refractivity contribution in [2.24, 2.45) is 0 Å².